The van der Waals surface area contributed by atoms with Gasteiger partial charge in [-0.25, -0.2) is 0 Å². The molecular weight excluding hydrogens is 358 g/mol. The molecule has 1 aromatic heterocycles. The van der Waals surface area contributed by atoms with Crippen LogP contribution < -0.4 is 14.8 Å². The van der Waals surface area contributed by atoms with Gasteiger partial charge in [0.05, 0.1) is 13.2 Å². The van der Waals surface area contributed by atoms with Crippen LogP contribution in [0.5, 0.6) is 11.5 Å². The summed E-state index contributed by atoms with van der Waals surface area (Å²) >= 11 is 0. The third kappa shape index (κ3) is 5.19. The highest BCUT2D eigenvalue weighted by Crippen LogP contribution is 2.32. The van der Waals surface area contributed by atoms with Gasteiger partial charge in [-0.1, -0.05) is 0 Å². The summed E-state index contributed by atoms with van der Waals surface area (Å²) in [5.74, 6) is 0.543. The quantitative estimate of drug-likeness (QED) is 0.746. The summed E-state index contributed by atoms with van der Waals surface area (Å²) in [6.07, 6.45) is 2.36. The van der Waals surface area contributed by atoms with Gasteiger partial charge in [0.2, 0.25) is 0 Å². The summed E-state index contributed by atoms with van der Waals surface area (Å²) in [6.45, 7) is 1.80. The second-order valence-electron chi connectivity index (χ2n) is 6.18. The Morgan fingerprint density at radius 1 is 1.22 bits per heavy atom. The molecule has 0 radical (unpaired) electrons. The van der Waals surface area contributed by atoms with Gasteiger partial charge in [0.1, 0.15) is 5.76 Å². The van der Waals surface area contributed by atoms with E-state index in [2.05, 4.69) is 15.0 Å². The van der Waals surface area contributed by atoms with Crippen molar-refractivity contribution >= 4 is 11.6 Å². The Hall–Kier alpha value is -2.61. The molecule has 1 aromatic carbocycles. The second-order valence-corrected chi connectivity index (χ2v) is 6.18. The fourth-order valence-electron chi connectivity index (χ4n) is 2.99. The van der Waals surface area contributed by atoms with Gasteiger partial charge >= 0.3 is 6.61 Å². The van der Waals surface area contributed by atoms with Crippen molar-refractivity contribution in [3.8, 4) is 11.5 Å². The van der Waals surface area contributed by atoms with E-state index in [0.29, 0.717) is 12.2 Å². The third-order valence-corrected chi connectivity index (χ3v) is 4.18. The van der Waals surface area contributed by atoms with Crippen LogP contribution in [0.3, 0.4) is 0 Å². The molecule has 1 aliphatic rings. The summed E-state index contributed by atoms with van der Waals surface area (Å²) in [5.41, 5.74) is 0.391. The Morgan fingerprint density at radius 3 is 2.70 bits per heavy atom. The first-order valence-electron chi connectivity index (χ1n) is 8.89. The Morgan fingerprint density at radius 2 is 2.00 bits per heavy atom. The van der Waals surface area contributed by atoms with E-state index in [1.165, 1.54) is 31.0 Å². The zero-order valence-electron chi connectivity index (χ0n) is 15.0. The van der Waals surface area contributed by atoms with E-state index >= 15 is 0 Å². The molecule has 3 rings (SSSR count). The molecule has 2 heterocycles. The molecule has 8 heteroatoms. The average molecular weight is 380 g/mol. The first-order chi connectivity index (χ1) is 13.0. The zero-order valence-corrected chi connectivity index (χ0v) is 15.0. The van der Waals surface area contributed by atoms with Gasteiger partial charge in [-0.15, -0.1) is 0 Å². The molecule has 0 atom stereocenters. The number of nitrogens with one attached hydrogen (secondary N) is 1. The van der Waals surface area contributed by atoms with Crippen LogP contribution in [0.15, 0.2) is 34.7 Å². The summed E-state index contributed by atoms with van der Waals surface area (Å²) in [6, 6.07) is 7.64. The molecule has 1 amide bonds. The molecule has 1 aliphatic heterocycles. The monoisotopic (exact) mass is 380 g/mol. The van der Waals surface area contributed by atoms with Crippen LogP contribution in [0.4, 0.5) is 14.5 Å². The van der Waals surface area contributed by atoms with Crippen LogP contribution in [-0.4, -0.2) is 37.1 Å². The van der Waals surface area contributed by atoms with Crippen molar-refractivity contribution in [3.63, 3.8) is 0 Å². The van der Waals surface area contributed by atoms with Gasteiger partial charge in [-0.3, -0.25) is 9.69 Å². The minimum Gasteiger partial charge on any atom is -0.490 e. The Kier molecular flexibility index (Phi) is 6.28. The SMILES string of the molecule is CCOc1cc(NC(=O)c2ccc(CN3CCCC3)o2)ccc1OC(F)F. The standard InChI is InChI=1S/C19H22F2N2O4/c1-2-25-17-11-13(5-7-15(17)27-19(20)21)22-18(24)16-8-6-14(26-16)12-23-9-3-4-10-23/h5-8,11,19H,2-4,9-10,12H2,1H3,(H,22,24). The van der Waals surface area contributed by atoms with Crippen LogP contribution in [0.25, 0.3) is 0 Å². The molecule has 0 aliphatic carbocycles. The number of carbonyl (C=O) groups excluding carboxylic acids is 1. The summed E-state index contributed by atoms with van der Waals surface area (Å²) in [4.78, 5) is 14.7. The first-order valence-corrected chi connectivity index (χ1v) is 8.89. The van der Waals surface area contributed by atoms with Gasteiger partial charge in [0, 0.05) is 11.8 Å². The highest BCUT2D eigenvalue weighted by atomic mass is 19.3. The number of likely N-dealkylation sites (tertiary alicyclic amines) is 1. The molecule has 2 aromatic rings. The average Bonchev–Trinajstić information content (AvgIpc) is 3.29. The molecule has 6 nitrogen and oxygen atoms in total. The van der Waals surface area contributed by atoms with Crippen molar-refractivity contribution in [1.29, 1.82) is 0 Å². The normalized spacial score (nSPS) is 14.5. The zero-order chi connectivity index (χ0) is 19.2. The second kappa shape index (κ2) is 8.85. The number of anilines is 1. The van der Waals surface area contributed by atoms with Crippen molar-refractivity contribution < 1.29 is 27.5 Å². The molecule has 1 N–H and O–H groups in total. The molecule has 1 saturated heterocycles. The van der Waals surface area contributed by atoms with Gasteiger partial charge in [-0.05, 0) is 57.1 Å². The molecule has 27 heavy (non-hydrogen) atoms. The smallest absolute Gasteiger partial charge is 0.387 e. The number of hydrogen-bond donors (Lipinski definition) is 1. The highest BCUT2D eigenvalue weighted by molar-refractivity contribution is 6.02. The maximum absolute atomic E-state index is 12.5. The number of hydrogen-bond acceptors (Lipinski definition) is 5. The Labute approximate surface area is 156 Å². The van der Waals surface area contributed by atoms with E-state index in [-0.39, 0.29) is 23.9 Å². The van der Waals surface area contributed by atoms with E-state index in [1.807, 2.05) is 0 Å². The number of amides is 1. The molecule has 146 valence electrons. The number of ether oxygens (including phenoxy) is 2. The molecule has 0 unspecified atom stereocenters. The van der Waals surface area contributed by atoms with Crippen LogP contribution in [0, 0.1) is 0 Å². The number of nitrogens with zero attached hydrogens (tertiary/aromatic N) is 1. The summed E-state index contributed by atoms with van der Waals surface area (Å²) in [7, 11) is 0. The molecule has 0 spiro atoms. The predicted octanol–water partition coefficient (Wildman–Crippen LogP) is 4.13. The minimum absolute atomic E-state index is 0.0873. The topological polar surface area (TPSA) is 63.9 Å². The fraction of sp³-hybridized carbons (Fsp3) is 0.421. The third-order valence-electron chi connectivity index (χ3n) is 4.18. The minimum atomic E-state index is -2.96. The first kappa shape index (κ1) is 19.2. The highest BCUT2D eigenvalue weighted by Gasteiger charge is 2.17. The lowest BCUT2D eigenvalue weighted by molar-refractivity contribution is -0.0514. The lowest BCUT2D eigenvalue weighted by Gasteiger charge is -2.13. The van der Waals surface area contributed by atoms with E-state index in [4.69, 9.17) is 9.15 Å². The van der Waals surface area contributed by atoms with Crippen molar-refractivity contribution in [1.82, 2.24) is 4.90 Å². The van der Waals surface area contributed by atoms with Gasteiger partial charge in [0.15, 0.2) is 17.3 Å². The lowest BCUT2D eigenvalue weighted by Crippen LogP contribution is -2.18. The maximum atomic E-state index is 12.5. The van der Waals surface area contributed by atoms with Gasteiger partial charge in [-0.2, -0.15) is 8.78 Å². The molecular formula is C19H22F2N2O4. The lowest BCUT2D eigenvalue weighted by atomic mass is 10.2. The Balaban J connectivity index is 1.66. The number of halogens is 2. The van der Waals surface area contributed by atoms with Crippen molar-refractivity contribution in [3.05, 3.63) is 41.9 Å². The summed E-state index contributed by atoms with van der Waals surface area (Å²) in [5, 5.41) is 2.68. The van der Waals surface area contributed by atoms with Crippen LogP contribution >= 0.6 is 0 Å². The van der Waals surface area contributed by atoms with Crippen molar-refractivity contribution in [2.24, 2.45) is 0 Å². The van der Waals surface area contributed by atoms with Crippen molar-refractivity contribution in [2.45, 2.75) is 32.9 Å². The maximum Gasteiger partial charge on any atom is 0.387 e. The largest absolute Gasteiger partial charge is 0.490 e. The van der Waals surface area contributed by atoms with E-state index in [1.54, 1.807) is 19.1 Å². The summed E-state index contributed by atoms with van der Waals surface area (Å²) < 4.78 is 40.3. The van der Waals surface area contributed by atoms with Gasteiger partial charge < -0.3 is 19.2 Å². The molecule has 0 saturated carbocycles. The van der Waals surface area contributed by atoms with Crippen molar-refractivity contribution in [2.75, 3.05) is 25.0 Å². The number of benzene rings is 1. The van der Waals surface area contributed by atoms with E-state index < -0.39 is 12.5 Å². The van der Waals surface area contributed by atoms with Crippen LogP contribution in [-0.2, 0) is 6.54 Å². The van der Waals surface area contributed by atoms with Crippen LogP contribution in [0.2, 0.25) is 0 Å². The predicted molar refractivity (Wildman–Crippen MR) is 95.4 cm³/mol. The Bertz CT molecular complexity index is 773. The number of carbonyl (C=O) groups is 1. The fourth-order valence-corrected chi connectivity index (χ4v) is 2.99. The van der Waals surface area contributed by atoms with Crippen LogP contribution in [0.1, 0.15) is 36.1 Å². The molecule has 1 fully saturated rings. The van der Waals surface area contributed by atoms with E-state index in [9.17, 15) is 13.6 Å². The number of rotatable bonds is 8. The number of alkyl halides is 2. The number of furan rings is 1. The van der Waals surface area contributed by atoms with E-state index in [0.717, 1.165) is 18.8 Å². The van der Waals surface area contributed by atoms with Gasteiger partial charge in [0.25, 0.3) is 5.91 Å². The molecule has 0 bridgehead atoms.